The van der Waals surface area contributed by atoms with Crippen LogP contribution < -0.4 is 0 Å². The molecule has 1 aromatic rings. The van der Waals surface area contributed by atoms with E-state index >= 15 is 0 Å². The molecule has 1 aliphatic carbocycles. The highest BCUT2D eigenvalue weighted by molar-refractivity contribution is 7.58. The molecule has 0 saturated heterocycles. The predicted molar refractivity (Wildman–Crippen MR) is 96.5 cm³/mol. The van der Waals surface area contributed by atoms with Crippen molar-refractivity contribution < 1.29 is 19.0 Å². The van der Waals surface area contributed by atoms with Gasteiger partial charge in [0, 0.05) is 5.57 Å². The zero-order valence-electron chi connectivity index (χ0n) is 14.3. The van der Waals surface area contributed by atoms with Crippen molar-refractivity contribution in [2.75, 3.05) is 12.8 Å². The number of hydrogen-bond acceptors (Lipinski definition) is 3. The monoisotopic (exact) mass is 350 g/mol. The van der Waals surface area contributed by atoms with Gasteiger partial charge < -0.3 is 9.63 Å². The van der Waals surface area contributed by atoms with Crippen LogP contribution >= 0.6 is 7.37 Å². The summed E-state index contributed by atoms with van der Waals surface area (Å²) in [5, 5.41) is 9.56. The average molecular weight is 350 g/mol. The fraction of sp³-hybridized carbons (Fsp3) is 0.526. The van der Waals surface area contributed by atoms with Crippen molar-refractivity contribution in [1.82, 2.24) is 0 Å². The summed E-state index contributed by atoms with van der Waals surface area (Å²) in [4.78, 5) is 11.7. The molecule has 1 atom stereocenters. The molecule has 0 bridgehead atoms. The van der Waals surface area contributed by atoms with Crippen LogP contribution in [0.1, 0.15) is 44.6 Å². The van der Waals surface area contributed by atoms with Gasteiger partial charge in [-0.05, 0) is 31.2 Å². The Hall–Kier alpha value is -1.38. The Balaban J connectivity index is 2.17. The first kappa shape index (κ1) is 19.0. The van der Waals surface area contributed by atoms with Crippen molar-refractivity contribution in [3.8, 4) is 0 Å². The number of carboxylic acid groups (broad SMARTS) is 1. The van der Waals surface area contributed by atoms with Gasteiger partial charge in [0.25, 0.3) is 0 Å². The minimum absolute atomic E-state index is 0.00156. The second-order valence-corrected chi connectivity index (χ2v) is 8.95. The first-order chi connectivity index (χ1) is 11.5. The number of allylic oxidation sites excluding steroid dienone is 1. The third-order valence-electron chi connectivity index (χ3n) is 4.40. The van der Waals surface area contributed by atoms with Gasteiger partial charge in [-0.15, -0.1) is 0 Å². The molecule has 132 valence electrons. The minimum atomic E-state index is -3.07. The van der Waals surface area contributed by atoms with Crippen molar-refractivity contribution >= 4 is 13.3 Å². The maximum Gasteiger partial charge on any atom is 0.331 e. The molecule has 0 amide bonds. The summed E-state index contributed by atoms with van der Waals surface area (Å²) < 4.78 is 18.8. The molecule has 1 aromatic carbocycles. The summed E-state index contributed by atoms with van der Waals surface area (Å²) in [5.74, 6) is -0.690. The Labute approximate surface area is 144 Å². The molecule has 1 aliphatic rings. The molecule has 4 nitrogen and oxygen atoms in total. The largest absolute Gasteiger partial charge is 0.478 e. The van der Waals surface area contributed by atoms with Crippen LogP contribution in [0.5, 0.6) is 0 Å². The van der Waals surface area contributed by atoms with E-state index in [0.29, 0.717) is 6.61 Å². The van der Waals surface area contributed by atoms with E-state index in [9.17, 15) is 14.5 Å². The van der Waals surface area contributed by atoms with Gasteiger partial charge in [0.15, 0.2) is 0 Å². The quantitative estimate of drug-likeness (QED) is 0.524. The normalized spacial score (nSPS) is 19.0. The molecular formula is C19H27O4P. The fourth-order valence-electron chi connectivity index (χ4n) is 3.28. The van der Waals surface area contributed by atoms with E-state index in [2.05, 4.69) is 0 Å². The van der Waals surface area contributed by atoms with E-state index in [1.807, 2.05) is 36.4 Å². The summed E-state index contributed by atoms with van der Waals surface area (Å²) in [7, 11) is -3.07. The first-order valence-corrected chi connectivity index (χ1v) is 10.7. The Morgan fingerprint density at radius 1 is 1.25 bits per heavy atom. The first-order valence-electron chi connectivity index (χ1n) is 8.73. The number of aliphatic carboxylic acids is 1. The molecule has 2 rings (SSSR count). The number of carbonyl (C=O) groups is 1. The van der Waals surface area contributed by atoms with Crippen molar-refractivity contribution in [2.45, 2.75) is 45.2 Å². The third kappa shape index (κ3) is 5.92. The molecular weight excluding hydrogens is 323 g/mol. The van der Waals surface area contributed by atoms with Gasteiger partial charge in [-0.25, -0.2) is 4.79 Å². The van der Waals surface area contributed by atoms with Crippen molar-refractivity contribution in [2.24, 2.45) is 5.92 Å². The van der Waals surface area contributed by atoms with E-state index in [1.165, 1.54) is 6.42 Å². The Bertz CT molecular complexity index is 603. The average Bonchev–Trinajstić information content (AvgIpc) is 2.56. The van der Waals surface area contributed by atoms with Gasteiger partial charge in [0.05, 0.1) is 18.9 Å². The molecule has 1 unspecified atom stereocenters. The lowest BCUT2D eigenvalue weighted by Gasteiger charge is -2.21. The predicted octanol–water partition coefficient (Wildman–Crippen LogP) is 5.09. The Kier molecular flexibility index (Phi) is 7.26. The van der Waals surface area contributed by atoms with Gasteiger partial charge in [0.2, 0.25) is 7.37 Å². The van der Waals surface area contributed by atoms with Crippen LogP contribution in [0.25, 0.3) is 0 Å². The molecule has 0 aromatic heterocycles. The fourth-order valence-corrected chi connectivity index (χ4v) is 5.57. The highest BCUT2D eigenvalue weighted by atomic mass is 31.2. The lowest BCUT2D eigenvalue weighted by Crippen LogP contribution is -2.12. The van der Waals surface area contributed by atoms with E-state index < -0.39 is 13.3 Å². The molecule has 1 saturated carbocycles. The van der Waals surface area contributed by atoms with Crippen LogP contribution in [-0.4, -0.2) is 23.8 Å². The topological polar surface area (TPSA) is 63.6 Å². The smallest absolute Gasteiger partial charge is 0.331 e. The van der Waals surface area contributed by atoms with Crippen LogP contribution in [0.4, 0.5) is 0 Å². The maximum atomic E-state index is 13.2. The summed E-state index contributed by atoms with van der Waals surface area (Å²) in [6, 6.07) is 9.48. The summed E-state index contributed by atoms with van der Waals surface area (Å²) in [6.45, 7) is 2.11. The zero-order chi connectivity index (χ0) is 17.4. The van der Waals surface area contributed by atoms with Crippen LogP contribution in [0, 0.1) is 5.92 Å². The molecule has 24 heavy (non-hydrogen) atoms. The van der Waals surface area contributed by atoms with Crippen LogP contribution in [0.15, 0.2) is 42.0 Å². The van der Waals surface area contributed by atoms with Crippen LogP contribution in [0.3, 0.4) is 0 Å². The van der Waals surface area contributed by atoms with Gasteiger partial charge >= 0.3 is 5.97 Å². The van der Waals surface area contributed by atoms with E-state index in [4.69, 9.17) is 4.52 Å². The second-order valence-electron chi connectivity index (χ2n) is 6.43. The van der Waals surface area contributed by atoms with Gasteiger partial charge in [-0.2, -0.15) is 0 Å². The Morgan fingerprint density at radius 3 is 2.50 bits per heavy atom. The lowest BCUT2D eigenvalue weighted by atomic mass is 9.88. The molecule has 0 radical (unpaired) electrons. The third-order valence-corrected chi connectivity index (χ3v) is 6.80. The molecule has 5 heteroatoms. The van der Waals surface area contributed by atoms with Crippen LogP contribution in [-0.2, 0) is 20.0 Å². The summed E-state index contributed by atoms with van der Waals surface area (Å²) in [6.07, 6.45) is 7.65. The summed E-state index contributed by atoms with van der Waals surface area (Å²) >= 11 is 0. The van der Waals surface area contributed by atoms with Crippen molar-refractivity contribution in [3.05, 3.63) is 47.5 Å². The minimum Gasteiger partial charge on any atom is -0.478 e. The number of benzene rings is 1. The van der Waals surface area contributed by atoms with E-state index in [0.717, 1.165) is 31.2 Å². The van der Waals surface area contributed by atoms with E-state index in [-0.39, 0.29) is 23.8 Å². The molecule has 0 spiro atoms. The van der Waals surface area contributed by atoms with Crippen molar-refractivity contribution in [1.29, 1.82) is 0 Å². The van der Waals surface area contributed by atoms with E-state index in [1.54, 1.807) is 6.92 Å². The standard InChI is InChI=1S/C19H27O4P/c1-2-23-24(22,14-17-11-7-4-8-12-17)15-18(19(20)21)13-16-9-5-3-6-10-16/h4,7-8,11-13,16H,2-3,5-6,9-10,14-15H2,1H3,(H,20,21)/b18-13+. The van der Waals surface area contributed by atoms with Gasteiger partial charge in [0.1, 0.15) is 0 Å². The highest BCUT2D eigenvalue weighted by Crippen LogP contribution is 2.51. The number of rotatable bonds is 8. The van der Waals surface area contributed by atoms with Crippen molar-refractivity contribution in [3.63, 3.8) is 0 Å². The van der Waals surface area contributed by atoms with Gasteiger partial charge in [-0.3, -0.25) is 4.57 Å². The van der Waals surface area contributed by atoms with Gasteiger partial charge in [-0.1, -0.05) is 55.7 Å². The molecule has 0 heterocycles. The Morgan fingerprint density at radius 2 is 1.92 bits per heavy atom. The summed E-state index contributed by atoms with van der Waals surface area (Å²) in [5.41, 5.74) is 1.16. The molecule has 0 aliphatic heterocycles. The second kappa shape index (κ2) is 9.19. The highest BCUT2D eigenvalue weighted by Gasteiger charge is 2.28. The SMILES string of the molecule is CCOP(=O)(C/C(=C\C1CCCCC1)C(=O)O)Cc1ccccc1. The molecule has 1 N–H and O–H groups in total. The lowest BCUT2D eigenvalue weighted by molar-refractivity contribution is -0.132. The maximum absolute atomic E-state index is 13.2. The zero-order valence-corrected chi connectivity index (χ0v) is 15.2. The number of carboxylic acids is 1. The van der Waals surface area contributed by atoms with Crippen LogP contribution in [0.2, 0.25) is 0 Å². The molecule has 1 fully saturated rings. The number of hydrogen-bond donors (Lipinski definition) is 1.